The van der Waals surface area contributed by atoms with Gasteiger partial charge in [0.15, 0.2) is 11.5 Å². The van der Waals surface area contributed by atoms with Gasteiger partial charge in [-0.15, -0.1) is 0 Å². The molecular formula is C24H23ClN2O2. The molecule has 0 N–H and O–H groups in total. The number of aryl methyl sites for hydroxylation is 2. The van der Waals surface area contributed by atoms with Gasteiger partial charge in [0.25, 0.3) is 0 Å². The molecule has 3 aromatic carbocycles. The third-order valence-electron chi connectivity index (χ3n) is 5.07. The van der Waals surface area contributed by atoms with Crippen molar-refractivity contribution < 1.29 is 9.47 Å². The number of nitrogens with zero attached hydrogens (tertiary/aromatic N) is 2. The molecule has 0 atom stereocenters. The molecule has 0 aliphatic rings. The maximum Gasteiger partial charge on any atom is 0.160 e. The maximum absolute atomic E-state index is 6.28. The molecule has 0 saturated heterocycles. The van der Waals surface area contributed by atoms with Crippen molar-refractivity contribution in [1.82, 2.24) is 9.55 Å². The number of halogens is 1. The Bertz CT molecular complexity index is 1120. The largest absolute Gasteiger partial charge is 0.493 e. The van der Waals surface area contributed by atoms with Gasteiger partial charge in [-0.3, -0.25) is 0 Å². The summed E-state index contributed by atoms with van der Waals surface area (Å²) in [5.41, 5.74) is 4.44. The van der Waals surface area contributed by atoms with Crippen molar-refractivity contribution in [2.24, 2.45) is 0 Å². The predicted octanol–water partition coefficient (Wildman–Crippen LogP) is 5.54. The van der Waals surface area contributed by atoms with Crippen LogP contribution >= 0.6 is 11.6 Å². The van der Waals surface area contributed by atoms with E-state index >= 15 is 0 Å². The second-order valence-corrected chi connectivity index (χ2v) is 7.35. The van der Waals surface area contributed by atoms with Gasteiger partial charge in [0.2, 0.25) is 0 Å². The lowest BCUT2D eigenvalue weighted by molar-refractivity contribution is 0.354. The molecule has 0 spiro atoms. The molecule has 0 aliphatic carbocycles. The second-order valence-electron chi connectivity index (χ2n) is 6.91. The molecular weight excluding hydrogens is 384 g/mol. The predicted molar refractivity (Wildman–Crippen MR) is 117 cm³/mol. The number of aromatic nitrogens is 2. The van der Waals surface area contributed by atoms with Crippen molar-refractivity contribution in [1.29, 1.82) is 0 Å². The molecule has 1 aromatic heterocycles. The van der Waals surface area contributed by atoms with E-state index < -0.39 is 0 Å². The van der Waals surface area contributed by atoms with Gasteiger partial charge in [0.05, 0.1) is 25.3 Å². The van der Waals surface area contributed by atoms with E-state index in [1.807, 2.05) is 36.4 Å². The summed E-state index contributed by atoms with van der Waals surface area (Å²) in [6, 6.07) is 22.3. The van der Waals surface area contributed by atoms with E-state index in [9.17, 15) is 0 Å². The standard InChI is InChI=1S/C24H23ClN2O2/c1-28-22-11-8-18(14-23(22)29-2)12-13-27-21-16-19(25)9-10-20(21)26-24(27)15-17-6-4-3-5-7-17/h3-11,14,16H,12-13,15H2,1-2H3. The Kier molecular flexibility index (Phi) is 5.72. The molecule has 0 bridgehead atoms. The molecule has 1 heterocycles. The Morgan fingerprint density at radius 3 is 2.41 bits per heavy atom. The van der Waals surface area contributed by atoms with Crippen LogP contribution in [-0.4, -0.2) is 23.8 Å². The van der Waals surface area contributed by atoms with Crippen LogP contribution in [-0.2, 0) is 19.4 Å². The Hall–Kier alpha value is -2.98. The number of rotatable bonds is 7. The first-order chi connectivity index (χ1) is 14.2. The number of hydrogen-bond donors (Lipinski definition) is 0. The number of imidazole rings is 1. The van der Waals surface area contributed by atoms with E-state index in [0.29, 0.717) is 0 Å². The van der Waals surface area contributed by atoms with Crippen molar-refractivity contribution in [3.63, 3.8) is 0 Å². The quantitative estimate of drug-likeness (QED) is 0.404. The lowest BCUT2D eigenvalue weighted by atomic mass is 10.1. The van der Waals surface area contributed by atoms with Crippen LogP contribution in [0.15, 0.2) is 66.7 Å². The minimum atomic E-state index is 0.719. The van der Waals surface area contributed by atoms with Crippen LogP contribution in [0, 0.1) is 0 Å². The molecule has 0 amide bonds. The minimum absolute atomic E-state index is 0.719. The number of fused-ring (bicyclic) bond motifs is 1. The molecule has 29 heavy (non-hydrogen) atoms. The highest BCUT2D eigenvalue weighted by molar-refractivity contribution is 6.31. The van der Waals surface area contributed by atoms with Crippen molar-refractivity contribution in [2.45, 2.75) is 19.4 Å². The van der Waals surface area contributed by atoms with Crippen LogP contribution < -0.4 is 9.47 Å². The van der Waals surface area contributed by atoms with Crippen molar-refractivity contribution in [2.75, 3.05) is 14.2 Å². The molecule has 148 valence electrons. The Labute approximate surface area is 175 Å². The van der Waals surface area contributed by atoms with Crippen LogP contribution in [0.3, 0.4) is 0 Å². The van der Waals surface area contributed by atoms with Crippen LogP contribution in [0.25, 0.3) is 11.0 Å². The zero-order valence-electron chi connectivity index (χ0n) is 16.6. The highest BCUT2D eigenvalue weighted by Gasteiger charge is 2.13. The summed E-state index contributed by atoms with van der Waals surface area (Å²) in [4.78, 5) is 4.88. The third kappa shape index (κ3) is 4.22. The van der Waals surface area contributed by atoms with Gasteiger partial charge in [0.1, 0.15) is 5.82 Å². The highest BCUT2D eigenvalue weighted by atomic mass is 35.5. The average Bonchev–Trinajstić information content (AvgIpc) is 3.08. The van der Waals surface area contributed by atoms with E-state index in [4.69, 9.17) is 26.1 Å². The monoisotopic (exact) mass is 406 g/mol. The first-order valence-corrected chi connectivity index (χ1v) is 9.95. The zero-order valence-corrected chi connectivity index (χ0v) is 17.3. The topological polar surface area (TPSA) is 36.3 Å². The Balaban J connectivity index is 1.66. The lowest BCUT2D eigenvalue weighted by Crippen LogP contribution is -2.07. The Morgan fingerprint density at radius 2 is 1.66 bits per heavy atom. The van der Waals surface area contributed by atoms with Gasteiger partial charge in [-0.25, -0.2) is 4.98 Å². The molecule has 4 aromatic rings. The summed E-state index contributed by atoms with van der Waals surface area (Å²) in [5, 5.41) is 0.719. The van der Waals surface area contributed by atoms with Gasteiger partial charge < -0.3 is 14.0 Å². The van der Waals surface area contributed by atoms with Crippen molar-refractivity contribution in [3.05, 3.63) is 88.7 Å². The normalized spacial score (nSPS) is 11.0. The van der Waals surface area contributed by atoms with Crippen LogP contribution in [0.1, 0.15) is 17.0 Å². The van der Waals surface area contributed by atoms with Crippen LogP contribution in [0.5, 0.6) is 11.5 Å². The molecule has 0 radical (unpaired) electrons. The summed E-state index contributed by atoms with van der Waals surface area (Å²) in [7, 11) is 3.31. The maximum atomic E-state index is 6.28. The fraction of sp³-hybridized carbons (Fsp3) is 0.208. The van der Waals surface area contributed by atoms with Gasteiger partial charge in [-0.1, -0.05) is 48.0 Å². The molecule has 0 aliphatic heterocycles. The number of ether oxygens (including phenoxy) is 2. The summed E-state index contributed by atoms with van der Waals surface area (Å²) < 4.78 is 13.1. The minimum Gasteiger partial charge on any atom is -0.493 e. The van der Waals surface area contributed by atoms with Crippen molar-refractivity contribution in [3.8, 4) is 11.5 Å². The fourth-order valence-corrected chi connectivity index (χ4v) is 3.75. The van der Waals surface area contributed by atoms with Gasteiger partial charge >= 0.3 is 0 Å². The molecule has 0 saturated carbocycles. The molecule has 0 unspecified atom stereocenters. The smallest absolute Gasteiger partial charge is 0.160 e. The van der Waals surface area contributed by atoms with E-state index in [2.05, 4.69) is 34.9 Å². The SMILES string of the molecule is COc1ccc(CCn2c(Cc3ccccc3)nc3ccc(Cl)cc32)cc1OC. The van der Waals surface area contributed by atoms with Gasteiger partial charge in [-0.2, -0.15) is 0 Å². The highest BCUT2D eigenvalue weighted by Crippen LogP contribution is 2.28. The first kappa shape index (κ1) is 19.3. The lowest BCUT2D eigenvalue weighted by Gasteiger charge is -2.12. The van der Waals surface area contributed by atoms with Gasteiger partial charge in [-0.05, 0) is 47.9 Å². The second kappa shape index (κ2) is 8.58. The molecule has 4 rings (SSSR count). The summed E-state index contributed by atoms with van der Waals surface area (Å²) in [6.45, 7) is 0.800. The summed E-state index contributed by atoms with van der Waals surface area (Å²) in [5.74, 6) is 2.52. The average molecular weight is 407 g/mol. The van der Waals surface area contributed by atoms with Crippen LogP contribution in [0.4, 0.5) is 0 Å². The Morgan fingerprint density at radius 1 is 0.862 bits per heavy atom. The van der Waals surface area contributed by atoms with E-state index in [1.165, 1.54) is 11.1 Å². The first-order valence-electron chi connectivity index (χ1n) is 9.57. The fourth-order valence-electron chi connectivity index (χ4n) is 3.59. The number of methoxy groups -OCH3 is 2. The van der Waals surface area contributed by atoms with Crippen LogP contribution in [0.2, 0.25) is 5.02 Å². The molecule has 4 nitrogen and oxygen atoms in total. The number of hydrogen-bond acceptors (Lipinski definition) is 3. The molecule has 0 fully saturated rings. The summed E-state index contributed by atoms with van der Waals surface area (Å²) >= 11 is 6.28. The number of benzene rings is 3. The van der Waals surface area contributed by atoms with Crippen molar-refractivity contribution >= 4 is 22.6 Å². The van der Waals surface area contributed by atoms with Gasteiger partial charge in [0, 0.05) is 18.0 Å². The van der Waals surface area contributed by atoms with E-state index in [0.717, 1.165) is 52.8 Å². The van der Waals surface area contributed by atoms with E-state index in [-0.39, 0.29) is 0 Å². The molecule has 5 heteroatoms. The third-order valence-corrected chi connectivity index (χ3v) is 5.30. The zero-order chi connectivity index (χ0) is 20.2. The van der Waals surface area contributed by atoms with E-state index in [1.54, 1.807) is 14.2 Å². The summed E-state index contributed by atoms with van der Waals surface area (Å²) in [6.07, 6.45) is 1.62.